The maximum atomic E-state index is 12.6. The highest BCUT2D eigenvalue weighted by Crippen LogP contribution is 2.23. The van der Waals surface area contributed by atoms with Gasteiger partial charge >= 0.3 is 0 Å². The number of hydrogen-bond acceptors (Lipinski definition) is 4. The molecule has 1 fully saturated rings. The summed E-state index contributed by atoms with van der Waals surface area (Å²) in [6.45, 7) is 2.63. The van der Waals surface area contributed by atoms with Crippen molar-refractivity contribution < 1.29 is 19.4 Å². The summed E-state index contributed by atoms with van der Waals surface area (Å²) in [5.74, 6) is 1.31. The molecular formula is C17H25NO4. The summed E-state index contributed by atoms with van der Waals surface area (Å²) < 4.78 is 10.9. The van der Waals surface area contributed by atoms with Crippen molar-refractivity contribution in [3.05, 3.63) is 24.3 Å². The smallest absolute Gasteiger partial charge is 0.263 e. The molecule has 2 rings (SSSR count). The van der Waals surface area contributed by atoms with Gasteiger partial charge in [-0.15, -0.1) is 0 Å². The number of carbonyl (C=O) groups is 1. The molecule has 1 aromatic carbocycles. The van der Waals surface area contributed by atoms with Crippen LogP contribution in [0.15, 0.2) is 24.3 Å². The molecule has 1 aliphatic heterocycles. The summed E-state index contributed by atoms with van der Waals surface area (Å²) in [4.78, 5) is 14.5. The van der Waals surface area contributed by atoms with E-state index in [9.17, 15) is 4.79 Å². The van der Waals surface area contributed by atoms with Crippen molar-refractivity contribution in [2.75, 3.05) is 20.3 Å². The maximum Gasteiger partial charge on any atom is 0.263 e. The number of benzene rings is 1. The number of methoxy groups -OCH3 is 1. The highest BCUT2D eigenvalue weighted by molar-refractivity contribution is 5.81. The van der Waals surface area contributed by atoms with Crippen LogP contribution < -0.4 is 9.47 Å². The summed E-state index contributed by atoms with van der Waals surface area (Å²) >= 11 is 0. The molecule has 0 saturated carbocycles. The van der Waals surface area contributed by atoms with E-state index >= 15 is 0 Å². The Labute approximate surface area is 131 Å². The largest absolute Gasteiger partial charge is 0.497 e. The first-order valence-corrected chi connectivity index (χ1v) is 7.87. The third-order valence-corrected chi connectivity index (χ3v) is 4.07. The summed E-state index contributed by atoms with van der Waals surface area (Å²) in [5, 5.41) is 9.17. The number of carbonyl (C=O) groups excluding carboxylic acids is 1. The molecule has 5 heteroatoms. The Morgan fingerprint density at radius 2 is 2.18 bits per heavy atom. The van der Waals surface area contributed by atoms with Crippen LogP contribution in [0.5, 0.6) is 11.5 Å². The van der Waals surface area contributed by atoms with Gasteiger partial charge in [-0.05, 0) is 44.7 Å². The van der Waals surface area contributed by atoms with Gasteiger partial charge in [-0.25, -0.2) is 0 Å². The number of likely N-dealkylation sites (tertiary alicyclic amines) is 1. The average molecular weight is 307 g/mol. The van der Waals surface area contributed by atoms with Crippen LogP contribution in [-0.2, 0) is 4.79 Å². The lowest BCUT2D eigenvalue weighted by Crippen LogP contribution is -2.49. The molecule has 1 saturated heterocycles. The molecule has 2 atom stereocenters. The Morgan fingerprint density at radius 1 is 1.41 bits per heavy atom. The topological polar surface area (TPSA) is 59.0 Å². The van der Waals surface area contributed by atoms with E-state index in [1.807, 2.05) is 23.1 Å². The minimum Gasteiger partial charge on any atom is -0.497 e. The van der Waals surface area contributed by atoms with Crippen LogP contribution in [0.4, 0.5) is 0 Å². The van der Waals surface area contributed by atoms with Crippen LogP contribution in [-0.4, -0.2) is 48.3 Å². The number of ether oxygens (including phenoxy) is 2. The van der Waals surface area contributed by atoms with E-state index in [0.29, 0.717) is 17.9 Å². The van der Waals surface area contributed by atoms with Gasteiger partial charge in [0, 0.05) is 25.3 Å². The molecule has 1 N–H and O–H groups in total. The quantitative estimate of drug-likeness (QED) is 0.875. The van der Waals surface area contributed by atoms with E-state index in [2.05, 4.69) is 0 Å². The fourth-order valence-electron chi connectivity index (χ4n) is 2.90. The van der Waals surface area contributed by atoms with E-state index < -0.39 is 6.10 Å². The fraction of sp³-hybridized carbons (Fsp3) is 0.588. The van der Waals surface area contributed by atoms with Gasteiger partial charge in [-0.3, -0.25) is 4.79 Å². The minimum atomic E-state index is -0.550. The second-order valence-electron chi connectivity index (χ2n) is 5.63. The lowest BCUT2D eigenvalue weighted by molar-refractivity contribution is -0.142. The zero-order valence-corrected chi connectivity index (χ0v) is 13.3. The molecule has 1 amide bonds. The van der Waals surface area contributed by atoms with Crippen molar-refractivity contribution in [3.63, 3.8) is 0 Å². The number of aliphatic hydroxyl groups is 1. The predicted octanol–water partition coefficient (Wildman–Crippen LogP) is 2.23. The molecule has 1 aliphatic rings. The third kappa shape index (κ3) is 4.13. The second kappa shape index (κ2) is 8.03. The van der Waals surface area contributed by atoms with Crippen LogP contribution in [0.1, 0.15) is 32.6 Å². The molecule has 0 radical (unpaired) electrons. The Morgan fingerprint density at radius 3 is 2.91 bits per heavy atom. The van der Waals surface area contributed by atoms with Gasteiger partial charge in [0.15, 0.2) is 6.10 Å². The van der Waals surface area contributed by atoms with E-state index in [0.717, 1.165) is 25.8 Å². The number of amides is 1. The van der Waals surface area contributed by atoms with E-state index in [1.54, 1.807) is 20.1 Å². The molecule has 0 bridgehead atoms. The molecule has 122 valence electrons. The monoisotopic (exact) mass is 307 g/mol. The average Bonchev–Trinajstić information content (AvgIpc) is 2.55. The summed E-state index contributed by atoms with van der Waals surface area (Å²) in [5.41, 5.74) is 0. The van der Waals surface area contributed by atoms with Gasteiger partial charge in [-0.2, -0.15) is 0 Å². The molecule has 0 aliphatic carbocycles. The Kier molecular flexibility index (Phi) is 6.07. The van der Waals surface area contributed by atoms with Gasteiger partial charge in [0.2, 0.25) is 0 Å². The Hall–Kier alpha value is -1.75. The molecule has 22 heavy (non-hydrogen) atoms. The lowest BCUT2D eigenvalue weighted by Gasteiger charge is -2.37. The Balaban J connectivity index is 2.00. The molecule has 0 aromatic heterocycles. The number of nitrogens with zero attached hydrogens (tertiary/aromatic N) is 1. The highest BCUT2D eigenvalue weighted by Gasteiger charge is 2.30. The second-order valence-corrected chi connectivity index (χ2v) is 5.63. The summed E-state index contributed by atoms with van der Waals surface area (Å²) in [6.07, 6.45) is 3.17. The van der Waals surface area contributed by atoms with Crippen LogP contribution in [0.3, 0.4) is 0 Å². The van der Waals surface area contributed by atoms with Crippen LogP contribution in [0.25, 0.3) is 0 Å². The van der Waals surface area contributed by atoms with Crippen LogP contribution in [0.2, 0.25) is 0 Å². The van der Waals surface area contributed by atoms with Crippen LogP contribution >= 0.6 is 0 Å². The van der Waals surface area contributed by atoms with Gasteiger partial charge in [0.25, 0.3) is 5.91 Å². The zero-order chi connectivity index (χ0) is 15.9. The number of hydrogen-bond donors (Lipinski definition) is 1. The van der Waals surface area contributed by atoms with Gasteiger partial charge in [0.05, 0.1) is 7.11 Å². The van der Waals surface area contributed by atoms with Crippen molar-refractivity contribution >= 4 is 5.91 Å². The van der Waals surface area contributed by atoms with Crippen molar-refractivity contribution in [1.29, 1.82) is 0 Å². The summed E-state index contributed by atoms with van der Waals surface area (Å²) in [7, 11) is 1.60. The maximum absolute atomic E-state index is 12.6. The summed E-state index contributed by atoms with van der Waals surface area (Å²) in [6, 6.07) is 7.38. The molecule has 1 heterocycles. The van der Waals surface area contributed by atoms with Gasteiger partial charge in [0.1, 0.15) is 11.5 Å². The fourth-order valence-corrected chi connectivity index (χ4v) is 2.90. The van der Waals surface area contributed by atoms with Crippen LogP contribution in [0, 0.1) is 0 Å². The first-order chi connectivity index (χ1) is 10.7. The minimum absolute atomic E-state index is 0.0130. The number of rotatable bonds is 6. The molecule has 1 aromatic rings. The zero-order valence-electron chi connectivity index (χ0n) is 13.3. The van der Waals surface area contributed by atoms with Gasteiger partial charge < -0.3 is 19.5 Å². The van der Waals surface area contributed by atoms with E-state index in [1.165, 1.54) is 0 Å². The normalized spacial score (nSPS) is 19.6. The standard InChI is InChI=1S/C17H25NO4/c1-13(22-16-8-5-7-15(12-16)21-2)17(20)18-10-4-3-6-14(18)9-11-19/h5,7-8,12-14,19H,3-4,6,9-11H2,1-2H3. The predicted molar refractivity (Wildman–Crippen MR) is 84.1 cm³/mol. The van der Waals surface area contributed by atoms with E-state index in [4.69, 9.17) is 14.6 Å². The highest BCUT2D eigenvalue weighted by atomic mass is 16.5. The van der Waals surface area contributed by atoms with Crippen molar-refractivity contribution in [3.8, 4) is 11.5 Å². The SMILES string of the molecule is COc1cccc(OC(C)C(=O)N2CCCCC2CCO)c1. The lowest BCUT2D eigenvalue weighted by atomic mass is 9.99. The molecule has 5 nitrogen and oxygen atoms in total. The molecule has 0 spiro atoms. The van der Waals surface area contributed by atoms with E-state index in [-0.39, 0.29) is 18.6 Å². The van der Waals surface area contributed by atoms with Crippen molar-refractivity contribution in [2.24, 2.45) is 0 Å². The van der Waals surface area contributed by atoms with Crippen molar-refractivity contribution in [2.45, 2.75) is 44.8 Å². The number of aliphatic hydroxyl groups excluding tert-OH is 1. The van der Waals surface area contributed by atoms with Crippen molar-refractivity contribution in [1.82, 2.24) is 4.90 Å². The molecular weight excluding hydrogens is 282 g/mol. The number of piperidine rings is 1. The first-order valence-electron chi connectivity index (χ1n) is 7.87. The molecule has 2 unspecified atom stereocenters. The Bertz CT molecular complexity index is 489. The van der Waals surface area contributed by atoms with Gasteiger partial charge in [-0.1, -0.05) is 6.07 Å². The third-order valence-electron chi connectivity index (χ3n) is 4.07. The first kappa shape index (κ1) is 16.6.